The van der Waals surface area contributed by atoms with Gasteiger partial charge in [0.1, 0.15) is 0 Å². The zero-order valence-electron chi connectivity index (χ0n) is 35.9. The number of nitrogens with zero attached hydrogens (tertiary/aromatic N) is 4. The Balaban J connectivity index is 0.969. The summed E-state index contributed by atoms with van der Waals surface area (Å²) in [7, 11) is 0. The topological polar surface area (TPSA) is 25.5 Å². The van der Waals surface area contributed by atoms with Gasteiger partial charge in [0.25, 0.3) is 0 Å². The predicted octanol–water partition coefficient (Wildman–Crippen LogP) is 15.6. The van der Waals surface area contributed by atoms with Crippen molar-refractivity contribution in [3.8, 4) is 50.2 Å². The minimum atomic E-state index is -0.450. The summed E-state index contributed by atoms with van der Waals surface area (Å²) in [6, 6.07) is 88.8. The average Bonchev–Trinajstić information content (AvgIpc) is 4.10. The number of rotatable bonds is 6. The number of hydrogen-bond acceptors (Lipinski definition) is 2. The van der Waals surface area contributed by atoms with Gasteiger partial charge < -0.3 is 4.90 Å². The summed E-state index contributed by atoms with van der Waals surface area (Å²) in [5.74, 6) is 0.900. The fourth-order valence-electron chi connectivity index (χ4n) is 11.3. The third kappa shape index (κ3) is 5.18. The van der Waals surface area contributed by atoms with Crippen LogP contribution in [0.3, 0.4) is 0 Å². The second kappa shape index (κ2) is 14.1. The number of aromatic nitrogens is 3. The summed E-state index contributed by atoms with van der Waals surface area (Å²) < 4.78 is 4.58. The molecule has 10 aromatic carbocycles. The number of hydrogen-bond donors (Lipinski definition) is 0. The Hall–Kier alpha value is -8.73. The van der Waals surface area contributed by atoms with Crippen molar-refractivity contribution in [3.63, 3.8) is 0 Å². The standard InChI is InChI=1S/C62H40N4/c1-3-16-41(17-4-1)42-30-33-46(34-31-42)64(48-35-36-52-51-24-9-12-27-55(51)62(56(52)40-48)53-25-10-7-22-49(53)50-23-8-11-26-54(50)62)47-21-15-18-43(38-47)44-32-37-59-60(39-44)66-58-29-14-13-28-57(58)63-61(66)65(59)45-19-5-2-6-20-45/h1-40H. The molecule has 0 bridgehead atoms. The summed E-state index contributed by atoms with van der Waals surface area (Å²) >= 11 is 0. The van der Waals surface area contributed by atoms with E-state index in [0.717, 1.165) is 61.7 Å². The van der Waals surface area contributed by atoms with E-state index in [1.54, 1.807) is 0 Å². The number of fused-ring (bicyclic) bond motifs is 15. The van der Waals surface area contributed by atoms with Crippen LogP contribution in [0, 0.1) is 0 Å². The summed E-state index contributed by atoms with van der Waals surface area (Å²) in [5, 5.41) is 0. The van der Waals surface area contributed by atoms with E-state index in [4.69, 9.17) is 4.98 Å². The van der Waals surface area contributed by atoms with E-state index in [0.29, 0.717) is 0 Å². The van der Waals surface area contributed by atoms with Crippen molar-refractivity contribution >= 4 is 44.9 Å². The van der Waals surface area contributed by atoms with Crippen molar-refractivity contribution in [2.24, 2.45) is 0 Å². The molecular weight excluding hydrogens is 801 g/mol. The molecule has 0 unspecified atom stereocenters. The van der Waals surface area contributed by atoms with Crippen LogP contribution < -0.4 is 4.90 Å². The van der Waals surface area contributed by atoms with E-state index in [1.807, 2.05) is 0 Å². The Kier molecular flexibility index (Phi) is 7.87. The zero-order valence-corrected chi connectivity index (χ0v) is 35.9. The van der Waals surface area contributed by atoms with Gasteiger partial charge in [0.15, 0.2) is 0 Å². The van der Waals surface area contributed by atoms with Gasteiger partial charge in [0.05, 0.1) is 27.5 Å². The van der Waals surface area contributed by atoms with Crippen molar-refractivity contribution in [3.05, 3.63) is 265 Å². The molecule has 4 heteroatoms. The maximum atomic E-state index is 5.17. The highest BCUT2D eigenvalue weighted by Crippen LogP contribution is 2.63. The van der Waals surface area contributed by atoms with Crippen LogP contribution in [-0.4, -0.2) is 14.0 Å². The lowest BCUT2D eigenvalue weighted by Crippen LogP contribution is -2.26. The first-order chi connectivity index (χ1) is 32.7. The highest BCUT2D eigenvalue weighted by atomic mass is 15.2. The lowest BCUT2D eigenvalue weighted by Gasteiger charge is -2.32. The van der Waals surface area contributed by atoms with Crippen LogP contribution in [0.25, 0.3) is 78.0 Å². The highest BCUT2D eigenvalue weighted by Gasteiger charge is 2.51. The van der Waals surface area contributed by atoms with E-state index >= 15 is 0 Å². The Morgan fingerprint density at radius 2 is 0.864 bits per heavy atom. The molecule has 2 aromatic heterocycles. The summed E-state index contributed by atoms with van der Waals surface area (Å²) in [6.45, 7) is 0. The first-order valence-corrected chi connectivity index (χ1v) is 22.7. The molecule has 0 aliphatic heterocycles. The Morgan fingerprint density at radius 1 is 0.333 bits per heavy atom. The van der Waals surface area contributed by atoms with Gasteiger partial charge in [0, 0.05) is 22.7 Å². The third-order valence-electron chi connectivity index (χ3n) is 14.1. The van der Waals surface area contributed by atoms with Gasteiger partial charge in [-0.3, -0.25) is 8.97 Å². The van der Waals surface area contributed by atoms with Crippen LogP contribution in [0.5, 0.6) is 0 Å². The van der Waals surface area contributed by atoms with Crippen molar-refractivity contribution in [1.29, 1.82) is 0 Å². The molecule has 0 saturated carbocycles. The minimum Gasteiger partial charge on any atom is -0.310 e. The van der Waals surface area contributed by atoms with Crippen LogP contribution in [-0.2, 0) is 5.41 Å². The molecule has 0 amide bonds. The second-order valence-corrected chi connectivity index (χ2v) is 17.5. The second-order valence-electron chi connectivity index (χ2n) is 17.5. The molecule has 4 nitrogen and oxygen atoms in total. The van der Waals surface area contributed by atoms with Gasteiger partial charge in [-0.1, -0.05) is 170 Å². The fourth-order valence-corrected chi connectivity index (χ4v) is 11.3. The van der Waals surface area contributed by atoms with Crippen molar-refractivity contribution in [2.75, 3.05) is 4.90 Å². The van der Waals surface area contributed by atoms with Crippen molar-refractivity contribution in [2.45, 2.75) is 5.41 Å². The predicted molar refractivity (Wildman–Crippen MR) is 271 cm³/mol. The number of anilines is 3. The lowest BCUT2D eigenvalue weighted by atomic mass is 9.70. The molecule has 0 N–H and O–H groups in total. The molecule has 12 aromatic rings. The summed E-state index contributed by atoms with van der Waals surface area (Å²) in [4.78, 5) is 7.61. The quantitative estimate of drug-likeness (QED) is 0.167. The Bertz CT molecular complexity index is 3810. The molecular formula is C62H40N4. The molecule has 308 valence electrons. The molecule has 2 aliphatic rings. The molecule has 2 aliphatic carbocycles. The van der Waals surface area contributed by atoms with Gasteiger partial charge in [0.2, 0.25) is 5.78 Å². The molecule has 0 atom stereocenters. The van der Waals surface area contributed by atoms with E-state index in [9.17, 15) is 0 Å². The molecule has 0 fully saturated rings. The third-order valence-corrected chi connectivity index (χ3v) is 14.1. The molecule has 0 radical (unpaired) electrons. The summed E-state index contributed by atoms with van der Waals surface area (Å²) in [6.07, 6.45) is 0. The molecule has 14 rings (SSSR count). The van der Waals surface area contributed by atoms with Gasteiger partial charge in [-0.15, -0.1) is 0 Å². The van der Waals surface area contributed by atoms with Gasteiger partial charge in [-0.25, -0.2) is 4.98 Å². The van der Waals surface area contributed by atoms with Crippen LogP contribution >= 0.6 is 0 Å². The van der Waals surface area contributed by atoms with E-state index in [-0.39, 0.29) is 0 Å². The Labute approximate surface area is 382 Å². The van der Waals surface area contributed by atoms with Crippen LogP contribution in [0.4, 0.5) is 17.1 Å². The van der Waals surface area contributed by atoms with Crippen LogP contribution in [0.2, 0.25) is 0 Å². The van der Waals surface area contributed by atoms with Crippen molar-refractivity contribution in [1.82, 2.24) is 14.0 Å². The van der Waals surface area contributed by atoms with Gasteiger partial charge in [-0.05, 0) is 140 Å². The highest BCUT2D eigenvalue weighted by molar-refractivity contribution is 5.98. The molecule has 0 saturated heterocycles. The van der Waals surface area contributed by atoms with Crippen molar-refractivity contribution < 1.29 is 0 Å². The largest absolute Gasteiger partial charge is 0.310 e. The SMILES string of the molecule is c1ccc(-c2ccc(N(c3cccc(-c4ccc5c(c4)n4c6ccccc6nc4n5-c4ccccc4)c3)c3ccc4c(c3)C3(c5ccccc5-c5ccccc53)c3ccccc3-4)cc2)cc1. The van der Waals surface area contributed by atoms with Crippen LogP contribution in [0.1, 0.15) is 22.3 Å². The first-order valence-electron chi connectivity index (χ1n) is 22.7. The molecule has 2 heterocycles. The molecule has 66 heavy (non-hydrogen) atoms. The number of benzene rings is 10. The van der Waals surface area contributed by atoms with Crippen LogP contribution in [0.15, 0.2) is 243 Å². The Morgan fingerprint density at radius 3 is 1.58 bits per heavy atom. The molecule has 1 spiro atoms. The maximum absolute atomic E-state index is 5.17. The average molecular weight is 841 g/mol. The zero-order chi connectivity index (χ0) is 43.3. The smallest absolute Gasteiger partial charge is 0.220 e. The number of imidazole rings is 2. The van der Waals surface area contributed by atoms with Gasteiger partial charge >= 0.3 is 0 Å². The van der Waals surface area contributed by atoms with E-state index in [2.05, 4.69) is 257 Å². The normalized spacial score (nSPS) is 13.0. The minimum absolute atomic E-state index is 0.450. The van der Waals surface area contributed by atoms with Gasteiger partial charge in [-0.2, -0.15) is 0 Å². The fraction of sp³-hybridized carbons (Fsp3) is 0.0161. The summed E-state index contributed by atoms with van der Waals surface area (Å²) in [5.41, 5.74) is 23.4. The first kappa shape index (κ1) is 36.7. The lowest BCUT2D eigenvalue weighted by molar-refractivity contribution is 0.793. The van der Waals surface area contributed by atoms with E-state index in [1.165, 1.54) is 55.6 Å². The monoisotopic (exact) mass is 840 g/mol. The number of para-hydroxylation sites is 3. The van der Waals surface area contributed by atoms with E-state index < -0.39 is 5.41 Å². The maximum Gasteiger partial charge on any atom is 0.220 e.